The van der Waals surface area contributed by atoms with Crippen LogP contribution in [0.1, 0.15) is 24.8 Å². The van der Waals surface area contributed by atoms with E-state index in [1.807, 2.05) is 30.3 Å². The maximum atomic E-state index is 11.6. The Hall–Kier alpha value is -2.10. The molecule has 1 aliphatic rings. The number of hydrazine groups is 1. The molecule has 0 spiro atoms. The number of nitrogens with one attached hydrogen (secondary N) is 2. The van der Waals surface area contributed by atoms with Gasteiger partial charge in [-0.15, -0.1) is 0 Å². The minimum atomic E-state index is -0.207. The molecule has 0 aliphatic heterocycles. The van der Waals surface area contributed by atoms with E-state index >= 15 is 0 Å². The Bertz CT molecular complexity index is 468. The zero-order valence-corrected chi connectivity index (χ0v) is 10.8. The summed E-state index contributed by atoms with van der Waals surface area (Å²) in [5.41, 5.74) is 5.82. The highest BCUT2D eigenvalue weighted by Gasteiger charge is 2.14. The Balaban J connectivity index is 1.68. The molecule has 19 heavy (non-hydrogen) atoms. The first-order valence-corrected chi connectivity index (χ1v) is 6.52. The molecule has 100 valence electrons. The number of rotatable bonds is 4. The zero-order valence-electron chi connectivity index (χ0n) is 10.8. The fraction of sp³-hybridized carbons (Fsp3) is 0.333. The van der Waals surface area contributed by atoms with Crippen LogP contribution in [0.3, 0.4) is 0 Å². The van der Waals surface area contributed by atoms with Crippen LogP contribution < -0.4 is 10.9 Å². The van der Waals surface area contributed by atoms with Crippen LogP contribution in [0.15, 0.2) is 42.5 Å². The van der Waals surface area contributed by atoms with Crippen molar-refractivity contribution in [1.29, 1.82) is 0 Å². The second-order valence-corrected chi connectivity index (χ2v) is 4.73. The summed E-state index contributed by atoms with van der Waals surface area (Å²) >= 11 is 0. The summed E-state index contributed by atoms with van der Waals surface area (Å²) in [5.74, 6) is -0.0366. The predicted octanol–water partition coefficient (Wildman–Crippen LogP) is 1.73. The lowest BCUT2D eigenvalue weighted by molar-refractivity contribution is -0.128. The van der Waals surface area contributed by atoms with Gasteiger partial charge in [-0.25, -0.2) is 0 Å². The van der Waals surface area contributed by atoms with Gasteiger partial charge in [0.15, 0.2) is 0 Å². The Morgan fingerprint density at radius 1 is 1.11 bits per heavy atom. The maximum Gasteiger partial charge on any atom is 0.242 e. The topological polar surface area (TPSA) is 58.2 Å². The number of carbonyl (C=O) groups is 2. The van der Waals surface area contributed by atoms with Crippen LogP contribution in [0, 0.1) is 5.92 Å². The van der Waals surface area contributed by atoms with Gasteiger partial charge in [0.2, 0.25) is 11.8 Å². The van der Waals surface area contributed by atoms with E-state index in [9.17, 15) is 9.59 Å². The average Bonchev–Trinajstić information content (AvgIpc) is 2.90. The third-order valence-electron chi connectivity index (χ3n) is 3.11. The lowest BCUT2D eigenvalue weighted by atomic mass is 10.1. The van der Waals surface area contributed by atoms with Crippen LogP contribution in [0.25, 0.3) is 0 Å². The molecule has 1 aromatic rings. The largest absolute Gasteiger partial charge is 0.273 e. The molecular formula is C15H18N2O2. The number of hydrogen-bond donors (Lipinski definition) is 2. The lowest BCUT2D eigenvalue weighted by Crippen LogP contribution is -2.42. The summed E-state index contributed by atoms with van der Waals surface area (Å²) in [5, 5.41) is 0. The molecule has 1 atom stereocenters. The number of benzene rings is 1. The first-order valence-electron chi connectivity index (χ1n) is 6.52. The second-order valence-electron chi connectivity index (χ2n) is 4.73. The molecule has 2 amide bonds. The average molecular weight is 258 g/mol. The van der Waals surface area contributed by atoms with Gasteiger partial charge >= 0.3 is 0 Å². The normalized spacial score (nSPS) is 17.2. The fourth-order valence-corrected chi connectivity index (χ4v) is 2.12. The van der Waals surface area contributed by atoms with Gasteiger partial charge in [-0.05, 0) is 24.3 Å². The van der Waals surface area contributed by atoms with Crippen molar-refractivity contribution in [3.05, 3.63) is 48.0 Å². The summed E-state index contributed by atoms with van der Waals surface area (Å²) in [6.45, 7) is 0. The van der Waals surface area contributed by atoms with Gasteiger partial charge in [-0.3, -0.25) is 20.4 Å². The lowest BCUT2D eigenvalue weighted by Gasteiger charge is -2.09. The van der Waals surface area contributed by atoms with E-state index in [0.29, 0.717) is 12.3 Å². The van der Waals surface area contributed by atoms with E-state index < -0.39 is 0 Å². The molecule has 0 radical (unpaired) electrons. The molecule has 0 saturated carbocycles. The van der Waals surface area contributed by atoms with Crippen LogP contribution in [0.2, 0.25) is 0 Å². The fourth-order valence-electron chi connectivity index (χ4n) is 2.12. The summed E-state index contributed by atoms with van der Waals surface area (Å²) < 4.78 is 0. The van der Waals surface area contributed by atoms with Gasteiger partial charge in [0.1, 0.15) is 0 Å². The molecule has 1 aliphatic carbocycles. The first-order chi connectivity index (χ1) is 9.24. The molecule has 0 unspecified atom stereocenters. The number of allylic oxidation sites excluding steroid dienone is 2. The van der Waals surface area contributed by atoms with E-state index in [0.717, 1.165) is 18.4 Å². The predicted molar refractivity (Wildman–Crippen MR) is 72.9 cm³/mol. The number of hydrogen-bond acceptors (Lipinski definition) is 2. The highest BCUT2D eigenvalue weighted by molar-refractivity contribution is 5.83. The van der Waals surface area contributed by atoms with E-state index in [-0.39, 0.29) is 18.2 Å². The van der Waals surface area contributed by atoms with Crippen molar-refractivity contribution in [2.75, 3.05) is 0 Å². The van der Waals surface area contributed by atoms with E-state index in [4.69, 9.17) is 0 Å². The molecule has 2 N–H and O–H groups in total. The van der Waals surface area contributed by atoms with Gasteiger partial charge in [-0.1, -0.05) is 42.5 Å². The minimum absolute atomic E-state index is 0.141. The molecule has 1 aromatic carbocycles. The van der Waals surface area contributed by atoms with Gasteiger partial charge in [0, 0.05) is 6.42 Å². The van der Waals surface area contributed by atoms with Crippen LogP contribution in [0.4, 0.5) is 0 Å². The number of amides is 2. The molecule has 0 bridgehead atoms. The molecule has 4 heteroatoms. The van der Waals surface area contributed by atoms with Gasteiger partial charge in [0.25, 0.3) is 0 Å². The summed E-state index contributed by atoms with van der Waals surface area (Å²) in [6, 6.07) is 9.43. The Kier molecular flexibility index (Phi) is 4.72. The minimum Gasteiger partial charge on any atom is -0.273 e. The highest BCUT2D eigenvalue weighted by Crippen LogP contribution is 2.19. The third-order valence-corrected chi connectivity index (χ3v) is 3.11. The maximum absolute atomic E-state index is 11.6. The van der Waals surface area contributed by atoms with Crippen molar-refractivity contribution < 1.29 is 9.59 Å². The van der Waals surface area contributed by atoms with Crippen LogP contribution >= 0.6 is 0 Å². The quantitative estimate of drug-likeness (QED) is 0.638. The standard InChI is InChI=1S/C15H18N2O2/c18-14(10-12-6-2-1-3-7-12)16-17-15(19)11-13-8-4-5-9-13/h1-4,6-8,13H,5,9-11H2,(H,16,18)(H,17,19)/t13-/m1/s1. The van der Waals surface area contributed by atoms with Crippen LogP contribution in [-0.2, 0) is 16.0 Å². The summed E-state index contributed by atoms with van der Waals surface area (Å²) in [7, 11) is 0. The Labute approximate surface area is 112 Å². The van der Waals surface area contributed by atoms with Crippen LogP contribution in [-0.4, -0.2) is 11.8 Å². The van der Waals surface area contributed by atoms with Crippen molar-refractivity contribution >= 4 is 11.8 Å². The monoisotopic (exact) mass is 258 g/mol. The molecule has 0 fully saturated rings. The Morgan fingerprint density at radius 2 is 1.84 bits per heavy atom. The van der Waals surface area contributed by atoms with Crippen molar-refractivity contribution in [1.82, 2.24) is 10.9 Å². The van der Waals surface area contributed by atoms with Gasteiger partial charge in [-0.2, -0.15) is 0 Å². The van der Waals surface area contributed by atoms with E-state index in [1.54, 1.807) is 0 Å². The van der Waals surface area contributed by atoms with Crippen LogP contribution in [0.5, 0.6) is 0 Å². The SMILES string of the molecule is O=C(Cc1ccccc1)NNC(=O)C[C@@H]1C=CCC1. The number of carbonyl (C=O) groups excluding carboxylic acids is 2. The summed E-state index contributed by atoms with van der Waals surface area (Å²) in [6.07, 6.45) is 6.91. The van der Waals surface area contributed by atoms with E-state index in [1.165, 1.54) is 0 Å². The molecule has 0 saturated heterocycles. The zero-order chi connectivity index (χ0) is 13.5. The molecule has 0 aromatic heterocycles. The van der Waals surface area contributed by atoms with Crippen molar-refractivity contribution in [2.45, 2.75) is 25.7 Å². The van der Waals surface area contributed by atoms with E-state index in [2.05, 4.69) is 23.0 Å². The smallest absolute Gasteiger partial charge is 0.242 e. The first kappa shape index (κ1) is 13.3. The summed E-state index contributed by atoms with van der Waals surface area (Å²) in [4.78, 5) is 23.2. The molecule has 0 heterocycles. The van der Waals surface area contributed by atoms with Gasteiger partial charge in [0.05, 0.1) is 6.42 Å². The van der Waals surface area contributed by atoms with Crippen molar-refractivity contribution in [3.8, 4) is 0 Å². The highest BCUT2D eigenvalue weighted by atomic mass is 16.2. The Morgan fingerprint density at radius 3 is 2.53 bits per heavy atom. The van der Waals surface area contributed by atoms with Crippen molar-refractivity contribution in [3.63, 3.8) is 0 Å². The molecule has 2 rings (SSSR count). The van der Waals surface area contributed by atoms with Gasteiger partial charge < -0.3 is 0 Å². The molecule has 4 nitrogen and oxygen atoms in total. The second kappa shape index (κ2) is 6.73. The van der Waals surface area contributed by atoms with Crippen molar-refractivity contribution in [2.24, 2.45) is 5.92 Å². The third kappa shape index (κ3) is 4.58. The molecular weight excluding hydrogens is 240 g/mol.